The van der Waals surface area contributed by atoms with Gasteiger partial charge in [0.25, 0.3) is 0 Å². The van der Waals surface area contributed by atoms with Gasteiger partial charge in [-0.3, -0.25) is 0 Å². The van der Waals surface area contributed by atoms with Gasteiger partial charge in [-0.1, -0.05) is 12.1 Å². The Kier molecular flexibility index (Phi) is 4.26. The molecule has 6 heteroatoms. The van der Waals surface area contributed by atoms with Crippen molar-refractivity contribution in [1.82, 2.24) is 5.32 Å². The van der Waals surface area contributed by atoms with Crippen LogP contribution in [0.3, 0.4) is 0 Å². The summed E-state index contributed by atoms with van der Waals surface area (Å²) >= 11 is 0. The van der Waals surface area contributed by atoms with Crippen molar-refractivity contribution < 1.29 is 22.7 Å². The minimum Gasteiger partial charge on any atom is -0.395 e. The van der Waals surface area contributed by atoms with Crippen LogP contribution in [0.2, 0.25) is 0 Å². The lowest BCUT2D eigenvalue weighted by Crippen LogP contribution is -2.19. The average Bonchev–Trinajstić information content (AvgIpc) is 2.19. The van der Waals surface area contributed by atoms with Gasteiger partial charge in [0.2, 0.25) is 0 Å². The van der Waals surface area contributed by atoms with Crippen LogP contribution >= 0.6 is 0 Å². The predicted molar refractivity (Wildman–Crippen MR) is 50.2 cm³/mol. The van der Waals surface area contributed by atoms with E-state index in [0.717, 1.165) is 6.07 Å². The molecule has 1 rings (SSSR count). The lowest BCUT2D eigenvalue weighted by atomic mass is 10.1. The summed E-state index contributed by atoms with van der Waals surface area (Å²) in [6.07, 6.45) is -4.68. The number of nitrogens with one attached hydrogen (secondary N) is 1. The standard InChI is InChI=1S/C10H11F4NO/c11-9-7(6-15-4-5-16)2-1-3-8(9)10(12,13)14/h1-3,15-16H,4-6H2. The Morgan fingerprint density at radius 3 is 2.50 bits per heavy atom. The molecule has 0 saturated carbocycles. The molecule has 1 aromatic rings. The molecule has 1 aromatic carbocycles. The van der Waals surface area contributed by atoms with Crippen LogP contribution in [0.15, 0.2) is 18.2 Å². The van der Waals surface area contributed by atoms with E-state index in [1.54, 1.807) is 0 Å². The van der Waals surface area contributed by atoms with Gasteiger partial charge >= 0.3 is 6.18 Å². The van der Waals surface area contributed by atoms with Crippen molar-refractivity contribution in [2.45, 2.75) is 12.7 Å². The third-order valence-electron chi connectivity index (χ3n) is 1.99. The van der Waals surface area contributed by atoms with Crippen molar-refractivity contribution in [2.75, 3.05) is 13.2 Å². The fourth-order valence-electron chi connectivity index (χ4n) is 1.24. The second kappa shape index (κ2) is 5.27. The zero-order valence-electron chi connectivity index (χ0n) is 8.31. The lowest BCUT2D eigenvalue weighted by Gasteiger charge is -2.11. The summed E-state index contributed by atoms with van der Waals surface area (Å²) < 4.78 is 50.3. The van der Waals surface area contributed by atoms with Crippen molar-refractivity contribution in [3.8, 4) is 0 Å². The molecule has 0 heterocycles. The molecule has 90 valence electrons. The van der Waals surface area contributed by atoms with E-state index in [1.807, 2.05) is 0 Å². The van der Waals surface area contributed by atoms with Gasteiger partial charge in [0.1, 0.15) is 5.82 Å². The van der Waals surface area contributed by atoms with Crippen molar-refractivity contribution >= 4 is 0 Å². The first-order chi connectivity index (χ1) is 7.46. The molecule has 0 aromatic heterocycles. The van der Waals surface area contributed by atoms with Crippen molar-refractivity contribution in [3.63, 3.8) is 0 Å². The summed E-state index contributed by atoms with van der Waals surface area (Å²) in [6, 6.07) is 3.13. The highest BCUT2D eigenvalue weighted by atomic mass is 19.4. The van der Waals surface area contributed by atoms with Crippen LogP contribution in [0.4, 0.5) is 17.6 Å². The Morgan fingerprint density at radius 1 is 1.25 bits per heavy atom. The zero-order valence-corrected chi connectivity index (χ0v) is 8.31. The maximum Gasteiger partial charge on any atom is 0.419 e. The Labute approximate surface area is 89.9 Å². The number of rotatable bonds is 4. The van der Waals surface area contributed by atoms with Gasteiger partial charge < -0.3 is 10.4 Å². The van der Waals surface area contributed by atoms with Crippen LogP contribution in [0.5, 0.6) is 0 Å². The molecule has 2 N–H and O–H groups in total. The summed E-state index contributed by atoms with van der Waals surface area (Å²) in [6.45, 7) is 0.00653. The van der Waals surface area contributed by atoms with Gasteiger partial charge in [0.15, 0.2) is 0 Å². The third-order valence-corrected chi connectivity index (χ3v) is 1.99. The summed E-state index contributed by atoms with van der Waals surface area (Å²) in [5.41, 5.74) is -1.33. The van der Waals surface area contributed by atoms with E-state index in [9.17, 15) is 17.6 Å². The number of aliphatic hydroxyl groups excluding tert-OH is 1. The highest BCUT2D eigenvalue weighted by Gasteiger charge is 2.34. The van der Waals surface area contributed by atoms with E-state index >= 15 is 0 Å². The molecular weight excluding hydrogens is 226 g/mol. The second-order valence-electron chi connectivity index (χ2n) is 3.18. The van der Waals surface area contributed by atoms with Crippen LogP contribution < -0.4 is 5.32 Å². The van der Waals surface area contributed by atoms with E-state index in [1.165, 1.54) is 6.07 Å². The molecule has 0 atom stereocenters. The van der Waals surface area contributed by atoms with Crippen LogP contribution in [0.1, 0.15) is 11.1 Å². The minimum atomic E-state index is -4.68. The molecule has 0 unspecified atom stereocenters. The SMILES string of the molecule is OCCNCc1cccc(C(F)(F)F)c1F. The number of hydrogen-bond donors (Lipinski definition) is 2. The zero-order chi connectivity index (χ0) is 12.2. The van der Waals surface area contributed by atoms with Crippen LogP contribution in [0, 0.1) is 5.82 Å². The largest absolute Gasteiger partial charge is 0.419 e. The number of hydrogen-bond acceptors (Lipinski definition) is 2. The highest BCUT2D eigenvalue weighted by molar-refractivity contribution is 5.28. The molecule has 0 radical (unpaired) electrons. The average molecular weight is 237 g/mol. The Morgan fingerprint density at radius 2 is 1.94 bits per heavy atom. The molecule has 0 aliphatic heterocycles. The van der Waals surface area contributed by atoms with Gasteiger partial charge in [-0.05, 0) is 6.07 Å². The fourth-order valence-corrected chi connectivity index (χ4v) is 1.24. The van der Waals surface area contributed by atoms with Crippen molar-refractivity contribution in [1.29, 1.82) is 0 Å². The van der Waals surface area contributed by atoms with Crippen LogP contribution in [-0.2, 0) is 12.7 Å². The second-order valence-corrected chi connectivity index (χ2v) is 3.18. The van der Waals surface area contributed by atoms with Gasteiger partial charge in [-0.25, -0.2) is 4.39 Å². The summed E-state index contributed by atoms with van der Waals surface area (Å²) in [7, 11) is 0. The summed E-state index contributed by atoms with van der Waals surface area (Å²) in [4.78, 5) is 0. The maximum absolute atomic E-state index is 13.4. The Hall–Kier alpha value is -1.14. The Bertz CT molecular complexity index is 351. The van der Waals surface area contributed by atoms with Gasteiger partial charge in [0, 0.05) is 18.7 Å². The quantitative estimate of drug-likeness (QED) is 0.619. The molecule has 0 amide bonds. The first-order valence-corrected chi connectivity index (χ1v) is 4.63. The van der Waals surface area contributed by atoms with E-state index in [-0.39, 0.29) is 25.3 Å². The molecule has 0 saturated heterocycles. The molecule has 0 bridgehead atoms. The molecule has 0 fully saturated rings. The monoisotopic (exact) mass is 237 g/mol. The van der Waals surface area contributed by atoms with Gasteiger partial charge in [0.05, 0.1) is 12.2 Å². The molecular formula is C10H11F4NO. The fraction of sp³-hybridized carbons (Fsp3) is 0.400. The topological polar surface area (TPSA) is 32.3 Å². The van der Waals surface area contributed by atoms with Crippen LogP contribution in [0.25, 0.3) is 0 Å². The highest BCUT2D eigenvalue weighted by Crippen LogP contribution is 2.32. The number of alkyl halides is 3. The number of benzene rings is 1. The van der Waals surface area contributed by atoms with Gasteiger partial charge in [-0.2, -0.15) is 13.2 Å². The normalized spacial score (nSPS) is 11.8. The predicted octanol–water partition coefficient (Wildman–Crippen LogP) is 1.93. The molecule has 2 nitrogen and oxygen atoms in total. The van der Waals surface area contributed by atoms with E-state index in [4.69, 9.17) is 5.11 Å². The number of aliphatic hydroxyl groups is 1. The lowest BCUT2D eigenvalue weighted by molar-refractivity contribution is -0.140. The molecule has 0 spiro atoms. The molecule has 0 aliphatic rings. The van der Waals surface area contributed by atoms with Crippen LogP contribution in [-0.4, -0.2) is 18.3 Å². The van der Waals surface area contributed by atoms with Gasteiger partial charge in [-0.15, -0.1) is 0 Å². The number of halogens is 4. The minimum absolute atomic E-state index is 0.0453. The summed E-state index contributed by atoms with van der Waals surface area (Å²) in [5, 5.41) is 11.1. The first kappa shape index (κ1) is 12.9. The first-order valence-electron chi connectivity index (χ1n) is 4.63. The van der Waals surface area contributed by atoms with Crippen molar-refractivity contribution in [2.24, 2.45) is 0 Å². The van der Waals surface area contributed by atoms with Crippen molar-refractivity contribution in [3.05, 3.63) is 35.1 Å². The molecule has 0 aliphatic carbocycles. The Balaban J connectivity index is 2.87. The smallest absolute Gasteiger partial charge is 0.395 e. The van der Waals surface area contributed by atoms with E-state index < -0.39 is 17.6 Å². The summed E-state index contributed by atoms with van der Waals surface area (Å²) in [5.74, 6) is -1.26. The van der Waals surface area contributed by atoms with E-state index in [0.29, 0.717) is 6.07 Å². The maximum atomic E-state index is 13.4. The van der Waals surface area contributed by atoms with E-state index in [2.05, 4.69) is 5.32 Å². The molecule has 16 heavy (non-hydrogen) atoms. The third kappa shape index (κ3) is 3.18.